The first-order chi connectivity index (χ1) is 12.5. The molecule has 1 aromatic rings. The monoisotopic (exact) mass is 357 g/mol. The number of rotatable bonds is 5. The molecule has 0 spiro atoms. The zero-order valence-corrected chi connectivity index (χ0v) is 16.7. The van der Waals surface area contributed by atoms with Gasteiger partial charge in [0.2, 0.25) is 0 Å². The molecule has 0 amide bonds. The van der Waals surface area contributed by atoms with Crippen LogP contribution in [0.4, 0.5) is 0 Å². The van der Waals surface area contributed by atoms with Crippen LogP contribution in [-0.4, -0.2) is 43.4 Å². The number of aliphatic hydroxyl groups is 1. The van der Waals surface area contributed by atoms with E-state index in [-0.39, 0.29) is 0 Å². The number of ether oxygens (including phenoxy) is 1. The highest BCUT2D eigenvalue weighted by Gasteiger charge is 2.48. The first-order valence-corrected chi connectivity index (χ1v) is 10.3. The highest BCUT2D eigenvalue weighted by molar-refractivity contribution is 5.57. The minimum atomic E-state index is -0.661. The molecule has 0 aromatic heterocycles. The van der Waals surface area contributed by atoms with Gasteiger partial charge >= 0.3 is 0 Å². The number of hydrogen-bond acceptors (Lipinski definition) is 3. The van der Waals surface area contributed by atoms with Crippen molar-refractivity contribution in [3.63, 3.8) is 0 Å². The van der Waals surface area contributed by atoms with Gasteiger partial charge < -0.3 is 14.7 Å². The summed E-state index contributed by atoms with van der Waals surface area (Å²) in [7, 11) is 5.96. The predicted octanol–water partition coefficient (Wildman–Crippen LogP) is 4.75. The molecule has 3 nitrogen and oxygen atoms in total. The number of nitrogens with zero attached hydrogens (tertiary/aromatic N) is 1. The fourth-order valence-corrected chi connectivity index (χ4v) is 5.15. The van der Waals surface area contributed by atoms with E-state index >= 15 is 0 Å². The van der Waals surface area contributed by atoms with Crippen LogP contribution < -0.4 is 4.74 Å². The van der Waals surface area contributed by atoms with Gasteiger partial charge in [-0.1, -0.05) is 37.5 Å². The van der Waals surface area contributed by atoms with Crippen molar-refractivity contribution < 1.29 is 9.84 Å². The lowest BCUT2D eigenvalue weighted by Crippen LogP contribution is -2.52. The van der Waals surface area contributed by atoms with E-state index < -0.39 is 5.60 Å². The molecule has 1 N–H and O–H groups in total. The second-order valence-electron chi connectivity index (χ2n) is 8.46. The Morgan fingerprint density at radius 1 is 1.15 bits per heavy atom. The molecule has 2 saturated carbocycles. The predicted molar refractivity (Wildman–Crippen MR) is 108 cm³/mol. The molecular weight excluding hydrogens is 322 g/mol. The average Bonchev–Trinajstić information content (AvgIpc) is 2.65. The summed E-state index contributed by atoms with van der Waals surface area (Å²) in [6, 6.07) is 8.20. The van der Waals surface area contributed by atoms with Crippen LogP contribution in [0.2, 0.25) is 0 Å². The Morgan fingerprint density at radius 3 is 2.62 bits per heavy atom. The van der Waals surface area contributed by atoms with Crippen molar-refractivity contribution in [3.05, 3.63) is 35.4 Å². The quantitative estimate of drug-likeness (QED) is 0.825. The summed E-state index contributed by atoms with van der Waals surface area (Å²) >= 11 is 0. The van der Waals surface area contributed by atoms with E-state index in [1.54, 1.807) is 7.11 Å². The fourth-order valence-electron chi connectivity index (χ4n) is 5.15. The maximum atomic E-state index is 12.1. The third kappa shape index (κ3) is 4.15. The van der Waals surface area contributed by atoms with Crippen molar-refractivity contribution in [1.29, 1.82) is 0 Å². The summed E-state index contributed by atoms with van der Waals surface area (Å²) in [5, 5.41) is 12.1. The Balaban J connectivity index is 1.97. The van der Waals surface area contributed by atoms with E-state index in [0.717, 1.165) is 43.5 Å². The molecule has 3 heteroatoms. The summed E-state index contributed by atoms with van der Waals surface area (Å²) in [6.07, 6.45) is 11.7. The Kier molecular flexibility index (Phi) is 6.42. The molecule has 0 bridgehead atoms. The summed E-state index contributed by atoms with van der Waals surface area (Å²) in [6.45, 7) is 0.961. The summed E-state index contributed by atoms with van der Waals surface area (Å²) in [4.78, 5) is 2.24. The molecule has 0 saturated heterocycles. The summed E-state index contributed by atoms with van der Waals surface area (Å²) in [5.41, 5.74) is 1.72. The molecule has 0 aliphatic heterocycles. The summed E-state index contributed by atoms with van der Waals surface area (Å²) < 4.78 is 5.39. The van der Waals surface area contributed by atoms with Gasteiger partial charge in [-0.15, -0.1) is 0 Å². The van der Waals surface area contributed by atoms with Crippen molar-refractivity contribution in [1.82, 2.24) is 4.90 Å². The lowest BCUT2D eigenvalue weighted by atomic mass is 9.61. The molecule has 2 aliphatic rings. The van der Waals surface area contributed by atoms with Crippen LogP contribution in [0.5, 0.6) is 5.75 Å². The van der Waals surface area contributed by atoms with Crippen LogP contribution in [0.25, 0.3) is 6.08 Å². The van der Waals surface area contributed by atoms with Gasteiger partial charge in [0.25, 0.3) is 0 Å². The minimum Gasteiger partial charge on any atom is -0.497 e. The lowest BCUT2D eigenvalue weighted by Gasteiger charge is -2.49. The second-order valence-corrected chi connectivity index (χ2v) is 8.46. The average molecular weight is 358 g/mol. The molecule has 2 atom stereocenters. The van der Waals surface area contributed by atoms with Gasteiger partial charge in [-0.05, 0) is 75.4 Å². The van der Waals surface area contributed by atoms with Crippen molar-refractivity contribution >= 4 is 6.08 Å². The lowest BCUT2D eigenvalue weighted by molar-refractivity contribution is -0.0706. The summed E-state index contributed by atoms with van der Waals surface area (Å²) in [5.74, 6) is 1.60. The molecule has 144 valence electrons. The van der Waals surface area contributed by atoms with Gasteiger partial charge in [-0.25, -0.2) is 0 Å². The highest BCUT2D eigenvalue weighted by atomic mass is 16.5. The topological polar surface area (TPSA) is 32.7 Å². The van der Waals surface area contributed by atoms with E-state index in [2.05, 4.69) is 37.2 Å². The zero-order chi connectivity index (χ0) is 18.6. The molecule has 2 fully saturated rings. The maximum absolute atomic E-state index is 12.1. The van der Waals surface area contributed by atoms with Gasteiger partial charge in [0.15, 0.2) is 0 Å². The molecular formula is C23H35NO2. The van der Waals surface area contributed by atoms with Crippen LogP contribution in [0.3, 0.4) is 0 Å². The van der Waals surface area contributed by atoms with Crippen molar-refractivity contribution in [2.24, 2.45) is 11.8 Å². The highest BCUT2D eigenvalue weighted by Crippen LogP contribution is 2.48. The van der Waals surface area contributed by atoms with Crippen LogP contribution in [-0.2, 0) is 0 Å². The van der Waals surface area contributed by atoms with Crippen LogP contribution in [0.1, 0.15) is 56.9 Å². The first-order valence-electron chi connectivity index (χ1n) is 10.3. The minimum absolute atomic E-state index is 0.325. The molecule has 0 heterocycles. The third-order valence-corrected chi connectivity index (χ3v) is 6.38. The van der Waals surface area contributed by atoms with Crippen molar-refractivity contribution in [2.75, 3.05) is 27.7 Å². The molecule has 2 aliphatic carbocycles. The maximum Gasteiger partial charge on any atom is 0.119 e. The van der Waals surface area contributed by atoms with Crippen LogP contribution in [0.15, 0.2) is 29.8 Å². The molecule has 0 radical (unpaired) electrons. The van der Waals surface area contributed by atoms with Gasteiger partial charge in [-0.3, -0.25) is 0 Å². The molecule has 2 unspecified atom stereocenters. The zero-order valence-electron chi connectivity index (χ0n) is 16.7. The van der Waals surface area contributed by atoms with Crippen molar-refractivity contribution in [2.45, 2.75) is 57.0 Å². The van der Waals surface area contributed by atoms with E-state index in [0.29, 0.717) is 11.8 Å². The van der Waals surface area contributed by atoms with Gasteiger partial charge in [0, 0.05) is 12.5 Å². The fraction of sp³-hybridized carbons (Fsp3) is 0.652. The molecule has 26 heavy (non-hydrogen) atoms. The normalized spacial score (nSPS) is 29.3. The standard InChI is InChI=1S/C23H35NO2/c1-24(2)17-21-13-8-12-20(15-18-9-7-14-22(16-18)26-3)23(21,25)19-10-5-4-6-11-19/h7,9,14-16,19,21,25H,4-6,8,10-13,17H2,1-3H3/b20-15-. The van der Waals surface area contributed by atoms with Crippen LogP contribution in [0, 0.1) is 11.8 Å². The van der Waals surface area contributed by atoms with Gasteiger partial charge in [-0.2, -0.15) is 0 Å². The number of hydrogen-bond donors (Lipinski definition) is 1. The van der Waals surface area contributed by atoms with Gasteiger partial charge in [0.1, 0.15) is 5.75 Å². The van der Waals surface area contributed by atoms with E-state index in [1.165, 1.54) is 31.3 Å². The smallest absolute Gasteiger partial charge is 0.119 e. The van der Waals surface area contributed by atoms with E-state index in [1.807, 2.05) is 12.1 Å². The van der Waals surface area contributed by atoms with Crippen molar-refractivity contribution in [3.8, 4) is 5.75 Å². The Hall–Kier alpha value is -1.32. The SMILES string of the molecule is COc1cccc(/C=C2/CCCC(CN(C)C)C2(O)C2CCCCC2)c1. The molecule has 1 aromatic carbocycles. The third-order valence-electron chi connectivity index (χ3n) is 6.38. The largest absolute Gasteiger partial charge is 0.497 e. The second kappa shape index (κ2) is 8.58. The Bertz CT molecular complexity index is 618. The Morgan fingerprint density at radius 2 is 1.92 bits per heavy atom. The number of benzene rings is 1. The first kappa shape index (κ1) is 19.4. The van der Waals surface area contributed by atoms with E-state index in [9.17, 15) is 5.11 Å². The van der Waals surface area contributed by atoms with Gasteiger partial charge in [0.05, 0.1) is 12.7 Å². The number of methoxy groups -OCH3 is 1. The molecule has 3 rings (SSSR count). The van der Waals surface area contributed by atoms with E-state index in [4.69, 9.17) is 4.74 Å². The van der Waals surface area contributed by atoms with Crippen LogP contribution >= 0.6 is 0 Å². The Labute approximate surface area is 159 Å².